The van der Waals surface area contributed by atoms with Gasteiger partial charge in [0.2, 0.25) is 5.91 Å². The number of rotatable bonds is 6. The maximum atomic E-state index is 13.0. The van der Waals surface area contributed by atoms with Crippen LogP contribution < -0.4 is 10.7 Å². The number of hydrogen-bond acceptors (Lipinski definition) is 5. The number of thiocarbonyl (C=S) groups is 1. The number of nitrogens with zero attached hydrogens (tertiary/aromatic N) is 2. The van der Waals surface area contributed by atoms with Gasteiger partial charge in [0.1, 0.15) is 11.9 Å². The Kier molecular flexibility index (Phi) is 5.69. The number of amides is 3. The predicted octanol–water partition coefficient (Wildman–Crippen LogP) is 1.91. The summed E-state index contributed by atoms with van der Waals surface area (Å²) in [5, 5.41) is 3.87. The molecule has 2 N–H and O–H groups in total. The molecule has 2 aromatic rings. The molecule has 1 atom stereocenters. The van der Waals surface area contributed by atoms with Crippen LogP contribution in [0, 0.1) is 5.82 Å². The average Bonchev–Trinajstić information content (AvgIpc) is 3.27. The van der Waals surface area contributed by atoms with Gasteiger partial charge in [-0.2, -0.15) is 0 Å². The van der Waals surface area contributed by atoms with Gasteiger partial charge in [0.05, 0.1) is 12.7 Å². The monoisotopic (exact) mass is 404 g/mol. The van der Waals surface area contributed by atoms with Crippen LogP contribution >= 0.6 is 12.2 Å². The highest BCUT2D eigenvalue weighted by Crippen LogP contribution is 2.20. The standard InChI is InChI=1S/C18H17FN4O4S/c1-2-22-17(26)13(10-15(24)20-12-7-5-11(19)6-8-12)23(18(22)28)21-16(25)14-4-3-9-27-14/h3-9,13H,2,10H2,1H3,(H,20,24)(H,21,25). The van der Waals surface area contributed by atoms with Crippen molar-refractivity contribution < 1.29 is 23.2 Å². The molecular formula is C18H17FN4O4S. The second-order valence-corrected chi connectivity index (χ2v) is 6.29. The molecule has 8 nitrogen and oxygen atoms in total. The van der Waals surface area contributed by atoms with Gasteiger partial charge in [-0.05, 0) is 55.5 Å². The van der Waals surface area contributed by atoms with E-state index in [1.165, 1.54) is 46.5 Å². The van der Waals surface area contributed by atoms with Crippen LogP contribution in [0.1, 0.15) is 23.9 Å². The quantitative estimate of drug-likeness (QED) is 0.715. The first kappa shape index (κ1) is 19.5. The molecule has 0 spiro atoms. The van der Waals surface area contributed by atoms with Crippen LogP contribution in [-0.2, 0) is 9.59 Å². The fourth-order valence-electron chi connectivity index (χ4n) is 2.74. The number of carbonyl (C=O) groups excluding carboxylic acids is 3. The lowest BCUT2D eigenvalue weighted by Gasteiger charge is -2.23. The Morgan fingerprint density at radius 2 is 1.96 bits per heavy atom. The molecule has 1 fully saturated rings. The van der Waals surface area contributed by atoms with Gasteiger partial charge in [0, 0.05) is 12.2 Å². The van der Waals surface area contributed by atoms with Gasteiger partial charge >= 0.3 is 5.91 Å². The number of nitrogens with one attached hydrogen (secondary N) is 2. The first-order valence-electron chi connectivity index (χ1n) is 8.45. The van der Waals surface area contributed by atoms with Gasteiger partial charge in [-0.25, -0.2) is 9.40 Å². The first-order chi connectivity index (χ1) is 13.4. The third-order valence-corrected chi connectivity index (χ3v) is 4.51. The smallest absolute Gasteiger partial charge is 0.305 e. The molecule has 1 aromatic carbocycles. The summed E-state index contributed by atoms with van der Waals surface area (Å²) in [5.41, 5.74) is 2.91. The summed E-state index contributed by atoms with van der Waals surface area (Å²) in [5.74, 6) is -1.87. The van der Waals surface area contributed by atoms with Crippen molar-refractivity contribution in [2.45, 2.75) is 19.4 Å². The molecule has 3 amide bonds. The number of anilines is 1. The minimum absolute atomic E-state index is 0.0414. The highest BCUT2D eigenvalue weighted by molar-refractivity contribution is 7.80. The summed E-state index contributed by atoms with van der Waals surface area (Å²) in [6.45, 7) is 2.03. The fourth-order valence-corrected chi connectivity index (χ4v) is 3.13. The SMILES string of the molecule is CCN1C(=O)C(CC(=O)Nc2ccc(F)cc2)N(NC(=O)c2ccco2)C1=S. The van der Waals surface area contributed by atoms with E-state index in [2.05, 4.69) is 10.7 Å². The highest BCUT2D eigenvalue weighted by Gasteiger charge is 2.44. The number of hydrogen-bond donors (Lipinski definition) is 2. The number of furan rings is 1. The highest BCUT2D eigenvalue weighted by atomic mass is 32.1. The van der Waals surface area contributed by atoms with Crippen LogP contribution in [0.2, 0.25) is 0 Å². The van der Waals surface area contributed by atoms with Crippen molar-refractivity contribution in [1.82, 2.24) is 15.3 Å². The van der Waals surface area contributed by atoms with Crippen molar-refractivity contribution in [2.75, 3.05) is 11.9 Å². The second-order valence-electron chi connectivity index (χ2n) is 5.93. The van der Waals surface area contributed by atoms with Crippen LogP contribution in [-0.4, -0.2) is 45.3 Å². The number of likely N-dealkylation sites (N-methyl/N-ethyl adjacent to an activating group) is 1. The van der Waals surface area contributed by atoms with Crippen molar-refractivity contribution in [3.05, 3.63) is 54.2 Å². The van der Waals surface area contributed by atoms with E-state index in [4.69, 9.17) is 16.6 Å². The molecular weight excluding hydrogens is 387 g/mol. The minimum atomic E-state index is -1.01. The molecule has 1 saturated heterocycles. The van der Waals surface area contributed by atoms with Crippen molar-refractivity contribution in [3.63, 3.8) is 0 Å². The molecule has 3 rings (SSSR count). The van der Waals surface area contributed by atoms with E-state index in [1.54, 1.807) is 13.0 Å². The van der Waals surface area contributed by atoms with E-state index in [0.29, 0.717) is 12.2 Å². The molecule has 2 heterocycles. The second kappa shape index (κ2) is 8.17. The molecule has 0 aliphatic carbocycles. The van der Waals surface area contributed by atoms with E-state index in [0.717, 1.165) is 0 Å². The third kappa shape index (κ3) is 4.01. The van der Waals surface area contributed by atoms with Gasteiger partial charge in [0.15, 0.2) is 10.9 Å². The van der Waals surface area contributed by atoms with Crippen molar-refractivity contribution in [2.24, 2.45) is 0 Å². The lowest BCUT2D eigenvalue weighted by Crippen LogP contribution is -2.49. The summed E-state index contributed by atoms with van der Waals surface area (Å²) in [6, 6.07) is 7.23. The Morgan fingerprint density at radius 3 is 2.57 bits per heavy atom. The molecule has 0 radical (unpaired) electrons. The average molecular weight is 404 g/mol. The number of benzene rings is 1. The molecule has 0 saturated carbocycles. The van der Waals surface area contributed by atoms with E-state index >= 15 is 0 Å². The van der Waals surface area contributed by atoms with Crippen LogP contribution in [0.25, 0.3) is 0 Å². The van der Waals surface area contributed by atoms with Crippen LogP contribution in [0.4, 0.5) is 10.1 Å². The lowest BCUT2D eigenvalue weighted by molar-refractivity contribution is -0.130. The summed E-state index contributed by atoms with van der Waals surface area (Å²) in [7, 11) is 0. The van der Waals surface area contributed by atoms with E-state index < -0.39 is 29.6 Å². The van der Waals surface area contributed by atoms with Crippen LogP contribution in [0.3, 0.4) is 0 Å². The summed E-state index contributed by atoms with van der Waals surface area (Å²) >= 11 is 5.27. The molecule has 1 aromatic heterocycles. The zero-order valence-corrected chi connectivity index (χ0v) is 15.7. The Hall–Kier alpha value is -3.27. The molecule has 10 heteroatoms. The molecule has 1 aliphatic heterocycles. The molecule has 28 heavy (non-hydrogen) atoms. The van der Waals surface area contributed by atoms with Crippen LogP contribution in [0.5, 0.6) is 0 Å². The summed E-state index contributed by atoms with van der Waals surface area (Å²) in [4.78, 5) is 38.6. The maximum absolute atomic E-state index is 13.0. The van der Waals surface area contributed by atoms with E-state index in [-0.39, 0.29) is 17.3 Å². The first-order valence-corrected chi connectivity index (χ1v) is 8.86. The Morgan fingerprint density at radius 1 is 1.25 bits per heavy atom. The number of halogens is 1. The Bertz CT molecular complexity index is 901. The normalized spacial score (nSPS) is 16.4. The van der Waals surface area contributed by atoms with Gasteiger partial charge in [-0.15, -0.1) is 0 Å². The predicted molar refractivity (Wildman–Crippen MR) is 101 cm³/mol. The van der Waals surface area contributed by atoms with Crippen molar-refractivity contribution in [1.29, 1.82) is 0 Å². The lowest BCUT2D eigenvalue weighted by atomic mass is 10.2. The molecule has 146 valence electrons. The Balaban J connectivity index is 1.74. The van der Waals surface area contributed by atoms with Crippen LogP contribution in [0.15, 0.2) is 47.1 Å². The molecule has 1 unspecified atom stereocenters. The van der Waals surface area contributed by atoms with Gasteiger partial charge in [-0.3, -0.25) is 24.7 Å². The zero-order valence-electron chi connectivity index (χ0n) is 14.8. The van der Waals surface area contributed by atoms with Crippen molar-refractivity contribution >= 4 is 40.7 Å². The van der Waals surface area contributed by atoms with Gasteiger partial charge < -0.3 is 9.73 Å². The topological polar surface area (TPSA) is 94.9 Å². The third-order valence-electron chi connectivity index (χ3n) is 4.09. The largest absolute Gasteiger partial charge is 0.459 e. The zero-order chi connectivity index (χ0) is 20.3. The summed E-state index contributed by atoms with van der Waals surface area (Å²) in [6.07, 6.45) is 1.08. The maximum Gasteiger partial charge on any atom is 0.305 e. The molecule has 1 aliphatic rings. The number of hydrazine groups is 1. The van der Waals surface area contributed by atoms with Gasteiger partial charge in [-0.1, -0.05) is 0 Å². The fraction of sp³-hybridized carbons (Fsp3) is 0.222. The van der Waals surface area contributed by atoms with E-state index in [9.17, 15) is 18.8 Å². The summed E-state index contributed by atoms with van der Waals surface area (Å²) < 4.78 is 18.0. The van der Waals surface area contributed by atoms with E-state index in [1.807, 2.05) is 0 Å². The number of carbonyl (C=O) groups is 3. The minimum Gasteiger partial charge on any atom is -0.459 e. The Labute approximate surface area is 165 Å². The van der Waals surface area contributed by atoms with Crippen molar-refractivity contribution in [3.8, 4) is 0 Å². The molecule has 0 bridgehead atoms. The van der Waals surface area contributed by atoms with Gasteiger partial charge in [0.25, 0.3) is 5.91 Å².